The monoisotopic (exact) mass is 680 g/mol. The van der Waals surface area contributed by atoms with E-state index in [1.807, 2.05) is 0 Å². The molecule has 2 aromatic heterocycles. The number of hydrogen-bond acceptors (Lipinski definition) is 11. The third-order valence-corrected chi connectivity index (χ3v) is 6.92. The molecule has 2 aliphatic rings. The Balaban J connectivity index is 1.62. The summed E-state index contributed by atoms with van der Waals surface area (Å²) in [5.41, 5.74) is -2.90. The first-order chi connectivity index (χ1) is 22.0. The van der Waals surface area contributed by atoms with E-state index in [0.29, 0.717) is 37.2 Å². The molecule has 4 rings (SSSR count). The first kappa shape index (κ1) is 36.5. The van der Waals surface area contributed by atoms with Crippen LogP contribution in [-0.2, 0) is 33.4 Å². The molecule has 4 heterocycles. The van der Waals surface area contributed by atoms with E-state index < -0.39 is 52.6 Å². The van der Waals surface area contributed by atoms with Gasteiger partial charge in [0, 0.05) is 25.9 Å². The molecule has 2 aromatic rings. The Morgan fingerprint density at radius 1 is 0.854 bits per heavy atom. The average molecular weight is 681 g/mol. The Morgan fingerprint density at radius 3 is 2.02 bits per heavy atom. The largest absolute Gasteiger partial charge is 0.472 e. The van der Waals surface area contributed by atoms with E-state index in [1.54, 1.807) is 30.6 Å². The second-order valence-electron chi connectivity index (χ2n) is 14.6. The molecular weight excluding hydrogens is 637 g/mol. The number of rotatable bonds is 4. The predicted octanol–water partition coefficient (Wildman–Crippen LogP) is 6.52. The van der Waals surface area contributed by atoms with Gasteiger partial charge in [-0.25, -0.2) is 29.3 Å². The Morgan fingerprint density at radius 2 is 1.46 bits per heavy atom. The van der Waals surface area contributed by atoms with E-state index in [-0.39, 0.29) is 35.7 Å². The molecule has 0 radical (unpaired) electrons. The van der Waals surface area contributed by atoms with Crippen LogP contribution in [0.25, 0.3) is 0 Å². The molecule has 1 atom stereocenters. The molecule has 264 valence electrons. The van der Waals surface area contributed by atoms with Crippen molar-refractivity contribution in [3.05, 3.63) is 35.4 Å². The summed E-state index contributed by atoms with van der Waals surface area (Å²) in [4.78, 5) is 54.8. The SMILES string of the molecule is CC(C)(C)OC(=O)N1CC[C@H](Oc2ncnc3c2CN(c2cnc(N(C(=O)OC(C)(C)C)C(=O)OC(C)(C)C)c(C(F)(F)F)c2)CC3)C1. The maximum atomic E-state index is 14.6. The quantitative estimate of drug-likeness (QED) is 0.327. The van der Waals surface area contributed by atoms with Gasteiger partial charge in [0.15, 0.2) is 5.82 Å². The van der Waals surface area contributed by atoms with Crippen molar-refractivity contribution in [3.63, 3.8) is 0 Å². The Kier molecular flexibility index (Phi) is 10.1. The third-order valence-electron chi connectivity index (χ3n) is 6.92. The van der Waals surface area contributed by atoms with E-state index in [1.165, 1.54) is 47.9 Å². The highest BCUT2D eigenvalue weighted by Crippen LogP contribution is 2.40. The lowest BCUT2D eigenvalue weighted by Crippen LogP contribution is -2.45. The Bertz CT molecular complexity index is 1500. The van der Waals surface area contributed by atoms with Crippen molar-refractivity contribution in [3.8, 4) is 5.88 Å². The lowest BCUT2D eigenvalue weighted by Gasteiger charge is -2.32. The van der Waals surface area contributed by atoms with Crippen LogP contribution in [0.5, 0.6) is 5.88 Å². The normalized spacial score (nSPS) is 17.0. The van der Waals surface area contributed by atoms with Crippen LogP contribution in [0.4, 0.5) is 39.1 Å². The number of amides is 3. The van der Waals surface area contributed by atoms with Crippen molar-refractivity contribution in [2.75, 3.05) is 29.4 Å². The predicted molar refractivity (Wildman–Crippen MR) is 168 cm³/mol. The first-order valence-electron chi connectivity index (χ1n) is 15.6. The molecule has 1 saturated heterocycles. The van der Waals surface area contributed by atoms with Crippen LogP contribution in [0, 0.1) is 0 Å². The highest BCUT2D eigenvalue weighted by Gasteiger charge is 2.43. The summed E-state index contributed by atoms with van der Waals surface area (Å²) >= 11 is 0. The minimum atomic E-state index is -5.02. The molecule has 0 unspecified atom stereocenters. The first-order valence-corrected chi connectivity index (χ1v) is 15.6. The van der Waals surface area contributed by atoms with E-state index >= 15 is 0 Å². The zero-order valence-electron chi connectivity index (χ0n) is 28.7. The lowest BCUT2D eigenvalue weighted by molar-refractivity contribution is -0.137. The topological polar surface area (TPSA) is 137 Å². The van der Waals surface area contributed by atoms with Gasteiger partial charge in [0.1, 0.15) is 34.8 Å². The van der Waals surface area contributed by atoms with Crippen LogP contribution < -0.4 is 14.5 Å². The molecule has 0 spiro atoms. The fraction of sp³-hybridized carbons (Fsp3) is 0.625. The van der Waals surface area contributed by atoms with E-state index in [2.05, 4.69) is 15.0 Å². The van der Waals surface area contributed by atoms with E-state index in [0.717, 1.165) is 12.3 Å². The lowest BCUT2D eigenvalue weighted by atomic mass is 10.1. The van der Waals surface area contributed by atoms with Crippen LogP contribution in [0.3, 0.4) is 0 Å². The summed E-state index contributed by atoms with van der Waals surface area (Å²) < 4.78 is 66.0. The van der Waals surface area contributed by atoms with Gasteiger partial charge in [-0.2, -0.15) is 18.1 Å². The molecule has 0 saturated carbocycles. The number of imide groups is 1. The number of ether oxygens (including phenoxy) is 4. The number of pyridine rings is 1. The molecule has 2 aliphatic heterocycles. The van der Waals surface area contributed by atoms with Gasteiger partial charge in [-0.05, 0) is 68.4 Å². The van der Waals surface area contributed by atoms with Gasteiger partial charge in [-0.3, -0.25) is 0 Å². The van der Waals surface area contributed by atoms with Crippen molar-refractivity contribution >= 4 is 29.8 Å². The van der Waals surface area contributed by atoms with E-state index in [9.17, 15) is 27.6 Å². The zero-order chi connectivity index (χ0) is 35.8. The number of nitrogens with zero attached hydrogens (tertiary/aromatic N) is 6. The van der Waals surface area contributed by atoms with Crippen LogP contribution in [0.15, 0.2) is 18.6 Å². The molecule has 13 nitrogen and oxygen atoms in total. The van der Waals surface area contributed by atoms with Crippen molar-refractivity contribution in [2.45, 2.75) is 111 Å². The number of anilines is 2. The second kappa shape index (κ2) is 13.3. The van der Waals surface area contributed by atoms with Gasteiger partial charge < -0.3 is 28.7 Å². The van der Waals surface area contributed by atoms with Gasteiger partial charge in [-0.15, -0.1) is 0 Å². The third kappa shape index (κ3) is 9.37. The maximum Gasteiger partial charge on any atom is 0.425 e. The Hall–Kier alpha value is -4.37. The van der Waals surface area contributed by atoms with Crippen LogP contribution in [0.2, 0.25) is 0 Å². The van der Waals surface area contributed by atoms with Crippen molar-refractivity contribution in [1.29, 1.82) is 0 Å². The van der Waals surface area contributed by atoms with Crippen LogP contribution in [-0.4, -0.2) is 80.7 Å². The summed E-state index contributed by atoms with van der Waals surface area (Å²) in [6.45, 7) is 15.5. The van der Waals surface area contributed by atoms with Crippen molar-refractivity contribution in [2.24, 2.45) is 0 Å². The summed E-state index contributed by atoms with van der Waals surface area (Å²) in [5, 5.41) is 0. The number of halogens is 3. The maximum absolute atomic E-state index is 14.6. The summed E-state index contributed by atoms with van der Waals surface area (Å²) in [6.07, 6.45) is -5.16. The summed E-state index contributed by atoms with van der Waals surface area (Å²) in [7, 11) is 0. The smallest absolute Gasteiger partial charge is 0.425 e. The van der Waals surface area contributed by atoms with Crippen LogP contribution in [0.1, 0.15) is 85.6 Å². The van der Waals surface area contributed by atoms with Gasteiger partial charge in [0.05, 0.1) is 36.2 Å². The van der Waals surface area contributed by atoms with Gasteiger partial charge in [0.25, 0.3) is 0 Å². The number of alkyl halides is 3. The van der Waals surface area contributed by atoms with Gasteiger partial charge >= 0.3 is 24.5 Å². The van der Waals surface area contributed by atoms with Crippen LogP contribution >= 0.6 is 0 Å². The molecule has 0 N–H and O–H groups in total. The molecule has 0 aromatic carbocycles. The zero-order valence-corrected chi connectivity index (χ0v) is 28.7. The fourth-order valence-corrected chi connectivity index (χ4v) is 4.98. The highest BCUT2D eigenvalue weighted by atomic mass is 19.4. The molecule has 0 bridgehead atoms. The molecule has 16 heteroatoms. The summed E-state index contributed by atoms with van der Waals surface area (Å²) in [5.74, 6) is -0.710. The highest BCUT2D eigenvalue weighted by molar-refractivity contribution is 6.09. The number of hydrogen-bond donors (Lipinski definition) is 0. The molecular formula is C32H43F3N6O7. The van der Waals surface area contributed by atoms with Gasteiger partial charge in [0.2, 0.25) is 5.88 Å². The molecule has 0 aliphatic carbocycles. The molecule has 3 amide bonds. The molecule has 48 heavy (non-hydrogen) atoms. The number of carbonyl (C=O) groups excluding carboxylic acids is 3. The summed E-state index contributed by atoms with van der Waals surface area (Å²) in [6, 6.07) is 0.828. The second-order valence-corrected chi connectivity index (χ2v) is 14.6. The molecule has 1 fully saturated rings. The van der Waals surface area contributed by atoms with Crippen molar-refractivity contribution < 1.29 is 46.5 Å². The Labute approximate surface area is 277 Å². The average Bonchev–Trinajstić information content (AvgIpc) is 3.39. The number of aromatic nitrogens is 3. The number of carbonyl (C=O) groups is 3. The fourth-order valence-electron chi connectivity index (χ4n) is 4.98. The standard InChI is InChI=1S/C32H43F3N6O7/c1-29(2,3)46-26(42)40-12-10-20(16-40)45-25-21-17-39(13-11-23(21)37-18-38-25)19-14-22(32(33,34)35)24(36-15-19)41(27(43)47-30(4,5)6)28(44)48-31(7,8)9/h14-15,18,20H,10-13,16-17H2,1-9H3/t20-/m0/s1. The van der Waals surface area contributed by atoms with Crippen molar-refractivity contribution in [1.82, 2.24) is 19.9 Å². The number of likely N-dealkylation sites (tertiary alicyclic amines) is 1. The minimum Gasteiger partial charge on any atom is -0.472 e. The number of fused-ring (bicyclic) bond motifs is 1. The van der Waals surface area contributed by atoms with E-state index in [4.69, 9.17) is 18.9 Å². The van der Waals surface area contributed by atoms with Gasteiger partial charge in [-0.1, -0.05) is 0 Å². The minimum absolute atomic E-state index is 0.0804.